The molecule has 1 aliphatic carbocycles. The van der Waals surface area contributed by atoms with E-state index in [9.17, 15) is 8.42 Å². The molecule has 0 aromatic rings. The molecule has 0 atom stereocenters. The topological polar surface area (TPSA) is 69.6 Å². The Hall–Kier alpha value is -0.170. The third-order valence-electron chi connectivity index (χ3n) is 3.31. The zero-order valence-corrected chi connectivity index (χ0v) is 10.2. The fourth-order valence-corrected chi connectivity index (χ4v) is 4.44. The third-order valence-corrected chi connectivity index (χ3v) is 5.76. The average Bonchev–Trinajstić information content (AvgIpc) is 3.11. The summed E-state index contributed by atoms with van der Waals surface area (Å²) in [6, 6.07) is 0.159. The number of rotatable bonds is 5. The van der Waals surface area contributed by atoms with E-state index in [0.29, 0.717) is 12.8 Å². The summed E-state index contributed by atoms with van der Waals surface area (Å²) in [6.45, 7) is 1.74. The molecule has 1 heterocycles. The minimum Gasteiger partial charge on any atom is -0.395 e. The summed E-state index contributed by atoms with van der Waals surface area (Å²) >= 11 is 0. The molecule has 0 unspecified atom stereocenters. The molecule has 1 saturated heterocycles. The van der Waals surface area contributed by atoms with Crippen LogP contribution in [-0.2, 0) is 10.0 Å². The Morgan fingerprint density at radius 2 is 1.81 bits per heavy atom. The fraction of sp³-hybridized carbons (Fsp3) is 1.00. The van der Waals surface area contributed by atoms with Gasteiger partial charge in [-0.05, 0) is 38.8 Å². The van der Waals surface area contributed by atoms with Gasteiger partial charge in [0.25, 0.3) is 0 Å². The number of aliphatic hydroxyl groups is 1. The predicted octanol–water partition coefficient (Wildman–Crippen LogP) is -0.475. The van der Waals surface area contributed by atoms with Crippen LogP contribution in [-0.4, -0.2) is 55.4 Å². The first-order valence-corrected chi connectivity index (χ1v) is 7.49. The van der Waals surface area contributed by atoms with Crippen LogP contribution in [0.25, 0.3) is 0 Å². The predicted molar refractivity (Wildman–Crippen MR) is 61.6 cm³/mol. The van der Waals surface area contributed by atoms with Crippen LogP contribution in [0.2, 0.25) is 0 Å². The van der Waals surface area contributed by atoms with Crippen LogP contribution in [0, 0.1) is 0 Å². The van der Waals surface area contributed by atoms with Gasteiger partial charge in [0.15, 0.2) is 0 Å². The van der Waals surface area contributed by atoms with Crippen LogP contribution >= 0.6 is 0 Å². The van der Waals surface area contributed by atoms with Gasteiger partial charge in [-0.1, -0.05) is 0 Å². The van der Waals surface area contributed by atoms with Gasteiger partial charge in [0, 0.05) is 12.6 Å². The van der Waals surface area contributed by atoms with Crippen molar-refractivity contribution in [2.45, 2.75) is 37.0 Å². The lowest BCUT2D eigenvalue weighted by Gasteiger charge is -2.29. The highest BCUT2D eigenvalue weighted by Gasteiger charge is 2.40. The second kappa shape index (κ2) is 5.00. The van der Waals surface area contributed by atoms with E-state index < -0.39 is 10.0 Å². The molecule has 0 bridgehead atoms. The van der Waals surface area contributed by atoms with E-state index in [1.807, 2.05) is 0 Å². The van der Waals surface area contributed by atoms with Crippen molar-refractivity contribution in [3.05, 3.63) is 0 Å². The maximum Gasteiger partial charge on any atom is 0.217 e. The average molecular weight is 248 g/mol. The molecule has 1 saturated carbocycles. The fourth-order valence-electron chi connectivity index (χ4n) is 2.26. The first-order valence-electron chi connectivity index (χ1n) is 5.98. The lowest BCUT2D eigenvalue weighted by atomic mass is 10.2. The van der Waals surface area contributed by atoms with Crippen molar-refractivity contribution >= 4 is 10.0 Å². The highest BCUT2D eigenvalue weighted by atomic mass is 32.2. The number of nitrogens with one attached hydrogen (secondary N) is 1. The monoisotopic (exact) mass is 248 g/mol. The first-order chi connectivity index (χ1) is 7.66. The van der Waals surface area contributed by atoms with Crippen LogP contribution in [0.15, 0.2) is 0 Å². The lowest BCUT2D eigenvalue weighted by molar-refractivity contribution is 0.248. The molecule has 2 N–H and O–H groups in total. The Labute approximate surface area is 96.9 Å². The number of sulfonamides is 1. The smallest absolute Gasteiger partial charge is 0.217 e. The molecule has 5 nitrogen and oxygen atoms in total. The molecule has 2 aliphatic rings. The maximum absolute atomic E-state index is 12.3. The van der Waals surface area contributed by atoms with Crippen molar-refractivity contribution in [3.63, 3.8) is 0 Å². The van der Waals surface area contributed by atoms with E-state index in [1.165, 1.54) is 4.31 Å². The quantitative estimate of drug-likeness (QED) is 0.690. The molecule has 0 spiro atoms. The van der Waals surface area contributed by atoms with E-state index in [4.69, 9.17) is 5.11 Å². The minimum atomic E-state index is -3.19. The van der Waals surface area contributed by atoms with E-state index >= 15 is 0 Å². The van der Waals surface area contributed by atoms with Crippen molar-refractivity contribution in [3.8, 4) is 0 Å². The van der Waals surface area contributed by atoms with Gasteiger partial charge in [0.2, 0.25) is 10.0 Å². The van der Waals surface area contributed by atoms with Gasteiger partial charge < -0.3 is 10.4 Å². The molecule has 2 rings (SSSR count). The zero-order valence-electron chi connectivity index (χ0n) is 9.43. The molecule has 6 heteroatoms. The van der Waals surface area contributed by atoms with E-state index in [0.717, 1.165) is 25.9 Å². The van der Waals surface area contributed by atoms with Gasteiger partial charge in [-0.3, -0.25) is 0 Å². The van der Waals surface area contributed by atoms with Crippen molar-refractivity contribution in [1.82, 2.24) is 9.62 Å². The SMILES string of the molecule is O=S(=O)(C1CCNCC1)N(CCO)C1CC1. The zero-order chi connectivity index (χ0) is 11.6. The molecule has 0 aromatic carbocycles. The van der Waals surface area contributed by atoms with E-state index in [2.05, 4.69) is 5.32 Å². The Morgan fingerprint density at radius 3 is 2.31 bits per heavy atom. The van der Waals surface area contributed by atoms with Crippen molar-refractivity contribution in [2.24, 2.45) is 0 Å². The molecule has 0 amide bonds. The first kappa shape index (κ1) is 12.3. The highest BCUT2D eigenvalue weighted by Crippen LogP contribution is 2.31. The number of aliphatic hydroxyl groups excluding tert-OH is 1. The minimum absolute atomic E-state index is 0.0826. The van der Waals surface area contributed by atoms with E-state index in [1.54, 1.807) is 0 Å². The molecule has 2 fully saturated rings. The second-order valence-corrected chi connectivity index (χ2v) is 6.73. The highest BCUT2D eigenvalue weighted by molar-refractivity contribution is 7.89. The maximum atomic E-state index is 12.3. The van der Waals surface area contributed by atoms with Crippen LogP contribution in [0.4, 0.5) is 0 Å². The number of hydrogen-bond donors (Lipinski definition) is 2. The Morgan fingerprint density at radius 1 is 1.19 bits per heavy atom. The van der Waals surface area contributed by atoms with Gasteiger partial charge in [-0.15, -0.1) is 0 Å². The van der Waals surface area contributed by atoms with Gasteiger partial charge in [0.1, 0.15) is 0 Å². The van der Waals surface area contributed by atoms with Gasteiger partial charge in [-0.25, -0.2) is 8.42 Å². The van der Waals surface area contributed by atoms with Crippen LogP contribution in [0.5, 0.6) is 0 Å². The summed E-state index contributed by atoms with van der Waals surface area (Å²) in [5.74, 6) is 0. The van der Waals surface area contributed by atoms with Crippen LogP contribution in [0.1, 0.15) is 25.7 Å². The van der Waals surface area contributed by atoms with E-state index in [-0.39, 0.29) is 24.4 Å². The number of piperidine rings is 1. The third kappa shape index (κ3) is 2.56. The molecule has 16 heavy (non-hydrogen) atoms. The van der Waals surface area contributed by atoms with Crippen molar-refractivity contribution in [2.75, 3.05) is 26.2 Å². The molecule has 94 valence electrons. The Bertz CT molecular complexity index is 321. The molecule has 0 radical (unpaired) electrons. The largest absolute Gasteiger partial charge is 0.395 e. The standard InChI is InChI=1S/C10H20N2O3S/c13-8-7-12(9-1-2-9)16(14,15)10-3-5-11-6-4-10/h9-11,13H,1-8H2. The van der Waals surface area contributed by atoms with Gasteiger partial charge >= 0.3 is 0 Å². The van der Waals surface area contributed by atoms with Crippen molar-refractivity contribution in [1.29, 1.82) is 0 Å². The van der Waals surface area contributed by atoms with Crippen LogP contribution < -0.4 is 5.32 Å². The summed E-state index contributed by atoms with van der Waals surface area (Å²) < 4.78 is 26.2. The number of nitrogens with zero attached hydrogens (tertiary/aromatic N) is 1. The summed E-state index contributed by atoms with van der Waals surface area (Å²) in [5.41, 5.74) is 0. The van der Waals surface area contributed by atoms with Gasteiger partial charge in [0.05, 0.1) is 11.9 Å². The Balaban J connectivity index is 2.07. The molecule has 1 aliphatic heterocycles. The van der Waals surface area contributed by atoms with Crippen LogP contribution in [0.3, 0.4) is 0 Å². The summed E-state index contributed by atoms with van der Waals surface area (Å²) in [7, 11) is -3.19. The molecular weight excluding hydrogens is 228 g/mol. The van der Waals surface area contributed by atoms with Gasteiger partial charge in [-0.2, -0.15) is 4.31 Å². The summed E-state index contributed by atoms with van der Waals surface area (Å²) in [5, 5.41) is 11.9. The molecular formula is C10H20N2O3S. The lowest BCUT2D eigenvalue weighted by Crippen LogP contribution is -2.45. The summed E-state index contributed by atoms with van der Waals surface area (Å²) in [6.07, 6.45) is 3.28. The number of hydrogen-bond acceptors (Lipinski definition) is 4. The normalized spacial score (nSPS) is 23.9. The van der Waals surface area contributed by atoms with Crippen molar-refractivity contribution < 1.29 is 13.5 Å². The molecule has 0 aromatic heterocycles. The second-order valence-electron chi connectivity index (χ2n) is 4.56. The summed E-state index contributed by atoms with van der Waals surface area (Å²) in [4.78, 5) is 0. The Kier molecular flexibility index (Phi) is 3.84.